The number of nitrogens with zero attached hydrogens (tertiary/aromatic N) is 2. The van der Waals surface area contributed by atoms with E-state index in [-0.39, 0.29) is 12.1 Å². The van der Waals surface area contributed by atoms with Crippen molar-refractivity contribution < 1.29 is 4.42 Å². The monoisotopic (exact) mass is 363 g/mol. The Labute approximate surface area is 162 Å². The number of nitrogens with one attached hydrogen (secondary N) is 1. The number of aromatic nitrogens is 2. The van der Waals surface area contributed by atoms with Gasteiger partial charge in [0.15, 0.2) is 0 Å². The predicted octanol–water partition coefficient (Wildman–Crippen LogP) is 5.66. The zero-order valence-corrected chi connectivity index (χ0v) is 16.9. The largest absolute Gasteiger partial charge is 0.419 e. The van der Waals surface area contributed by atoms with E-state index in [1.54, 1.807) is 0 Å². The minimum atomic E-state index is -0.0330. The van der Waals surface area contributed by atoms with Crippen molar-refractivity contribution in [2.45, 2.75) is 53.1 Å². The van der Waals surface area contributed by atoms with Gasteiger partial charge in [-0.3, -0.25) is 5.32 Å². The van der Waals surface area contributed by atoms with Gasteiger partial charge in [0, 0.05) is 11.6 Å². The molecule has 0 radical (unpaired) electrons. The van der Waals surface area contributed by atoms with Crippen molar-refractivity contribution in [1.82, 2.24) is 15.5 Å². The Bertz CT molecular complexity index is 867. The second kappa shape index (κ2) is 8.49. The van der Waals surface area contributed by atoms with Gasteiger partial charge in [-0.25, -0.2) is 0 Å². The first-order valence-electron chi connectivity index (χ1n) is 9.73. The van der Waals surface area contributed by atoms with Crippen LogP contribution < -0.4 is 5.32 Å². The predicted molar refractivity (Wildman–Crippen MR) is 109 cm³/mol. The van der Waals surface area contributed by atoms with Crippen molar-refractivity contribution in [3.8, 4) is 11.5 Å². The van der Waals surface area contributed by atoms with Crippen LogP contribution in [-0.4, -0.2) is 10.2 Å². The van der Waals surface area contributed by atoms with Gasteiger partial charge >= 0.3 is 0 Å². The van der Waals surface area contributed by atoms with E-state index in [1.165, 1.54) is 16.7 Å². The third-order valence-corrected chi connectivity index (χ3v) is 4.92. The average molecular weight is 364 g/mol. The molecule has 27 heavy (non-hydrogen) atoms. The molecular formula is C23H29N3O. The third kappa shape index (κ3) is 4.64. The molecule has 4 heteroatoms. The molecule has 142 valence electrons. The van der Waals surface area contributed by atoms with E-state index in [2.05, 4.69) is 86.5 Å². The summed E-state index contributed by atoms with van der Waals surface area (Å²) in [6.07, 6.45) is 1.06. The molecule has 0 aliphatic heterocycles. The van der Waals surface area contributed by atoms with Crippen molar-refractivity contribution >= 4 is 0 Å². The molecule has 0 fully saturated rings. The van der Waals surface area contributed by atoms with Crippen LogP contribution in [0.3, 0.4) is 0 Å². The summed E-state index contributed by atoms with van der Waals surface area (Å²) in [5.41, 5.74) is 4.77. The number of benzene rings is 2. The average Bonchev–Trinajstić information content (AvgIpc) is 3.16. The van der Waals surface area contributed by atoms with Crippen LogP contribution in [0.25, 0.3) is 11.5 Å². The van der Waals surface area contributed by atoms with E-state index in [0.29, 0.717) is 17.7 Å². The standard InChI is InChI=1S/C23H29N3O/c1-6-18-10-12-19(13-11-18)21(15(2)3)24-17(5)22-25-26-23(27-22)20-9-7-8-16(4)14-20/h7-15,17,21,24H,6H2,1-5H3/t17-,21+/m0/s1. The van der Waals surface area contributed by atoms with Crippen molar-refractivity contribution in [3.05, 3.63) is 71.1 Å². The molecule has 0 saturated carbocycles. The van der Waals surface area contributed by atoms with Crippen molar-refractivity contribution in [2.75, 3.05) is 0 Å². The van der Waals surface area contributed by atoms with Crippen LogP contribution in [0.15, 0.2) is 52.9 Å². The fourth-order valence-electron chi connectivity index (χ4n) is 3.28. The van der Waals surface area contributed by atoms with Gasteiger partial charge in [0.2, 0.25) is 11.8 Å². The molecule has 0 bridgehead atoms. The summed E-state index contributed by atoms with van der Waals surface area (Å²) >= 11 is 0. The Morgan fingerprint density at radius 1 is 1.00 bits per heavy atom. The molecule has 1 heterocycles. The highest BCUT2D eigenvalue weighted by atomic mass is 16.4. The van der Waals surface area contributed by atoms with Gasteiger partial charge in [-0.15, -0.1) is 10.2 Å². The first-order valence-corrected chi connectivity index (χ1v) is 9.73. The Kier molecular flexibility index (Phi) is 6.07. The molecule has 3 rings (SSSR count). The highest BCUT2D eigenvalue weighted by Crippen LogP contribution is 2.27. The zero-order valence-electron chi connectivity index (χ0n) is 16.9. The number of hydrogen-bond donors (Lipinski definition) is 1. The highest BCUT2D eigenvalue weighted by molar-refractivity contribution is 5.53. The fraction of sp³-hybridized carbons (Fsp3) is 0.391. The fourth-order valence-corrected chi connectivity index (χ4v) is 3.28. The lowest BCUT2D eigenvalue weighted by atomic mass is 9.94. The van der Waals surface area contributed by atoms with Crippen LogP contribution >= 0.6 is 0 Å². The van der Waals surface area contributed by atoms with Crippen LogP contribution in [0, 0.1) is 12.8 Å². The van der Waals surface area contributed by atoms with Crippen molar-refractivity contribution in [1.29, 1.82) is 0 Å². The van der Waals surface area contributed by atoms with E-state index in [4.69, 9.17) is 4.42 Å². The number of rotatable bonds is 7. The van der Waals surface area contributed by atoms with Gasteiger partial charge < -0.3 is 4.42 Å². The Morgan fingerprint density at radius 3 is 2.37 bits per heavy atom. The van der Waals surface area contributed by atoms with Crippen LogP contribution in [-0.2, 0) is 6.42 Å². The molecule has 0 spiro atoms. The lowest BCUT2D eigenvalue weighted by molar-refractivity contribution is 0.335. The maximum atomic E-state index is 5.95. The molecule has 0 saturated heterocycles. The first kappa shape index (κ1) is 19.3. The van der Waals surface area contributed by atoms with Crippen LogP contribution in [0.5, 0.6) is 0 Å². The van der Waals surface area contributed by atoms with Crippen molar-refractivity contribution in [3.63, 3.8) is 0 Å². The summed E-state index contributed by atoms with van der Waals surface area (Å²) in [6, 6.07) is 17.2. The molecule has 3 aromatic rings. The van der Waals surface area contributed by atoms with Crippen LogP contribution in [0.2, 0.25) is 0 Å². The normalized spacial score (nSPS) is 13.7. The van der Waals surface area contributed by atoms with E-state index >= 15 is 0 Å². The lowest BCUT2D eigenvalue weighted by Crippen LogP contribution is -2.28. The molecule has 0 aliphatic carbocycles. The Balaban J connectivity index is 1.77. The maximum Gasteiger partial charge on any atom is 0.247 e. The van der Waals surface area contributed by atoms with Gasteiger partial charge in [0.1, 0.15) is 0 Å². The van der Waals surface area contributed by atoms with Crippen LogP contribution in [0.4, 0.5) is 0 Å². The molecule has 0 amide bonds. The molecule has 2 aromatic carbocycles. The molecule has 1 N–H and O–H groups in total. The number of hydrogen-bond acceptors (Lipinski definition) is 4. The summed E-state index contributed by atoms with van der Waals surface area (Å²) in [6.45, 7) is 10.8. The molecular weight excluding hydrogens is 334 g/mol. The zero-order chi connectivity index (χ0) is 19.4. The first-order chi connectivity index (χ1) is 13.0. The Morgan fingerprint density at radius 2 is 1.74 bits per heavy atom. The van der Waals surface area contributed by atoms with Crippen LogP contribution in [0.1, 0.15) is 62.4 Å². The smallest absolute Gasteiger partial charge is 0.247 e. The summed E-state index contributed by atoms with van der Waals surface area (Å²) in [4.78, 5) is 0. The van der Waals surface area contributed by atoms with E-state index < -0.39 is 0 Å². The van der Waals surface area contributed by atoms with E-state index in [1.807, 2.05) is 12.1 Å². The van der Waals surface area contributed by atoms with Gasteiger partial charge in [0.25, 0.3) is 0 Å². The molecule has 2 atom stereocenters. The third-order valence-electron chi connectivity index (χ3n) is 4.92. The van der Waals surface area contributed by atoms with E-state index in [0.717, 1.165) is 12.0 Å². The lowest BCUT2D eigenvalue weighted by Gasteiger charge is -2.25. The maximum absolute atomic E-state index is 5.95. The van der Waals surface area contributed by atoms with Gasteiger partial charge in [-0.1, -0.05) is 62.7 Å². The summed E-state index contributed by atoms with van der Waals surface area (Å²) < 4.78 is 5.95. The molecule has 0 aliphatic rings. The van der Waals surface area contributed by atoms with Gasteiger partial charge in [-0.05, 0) is 49.4 Å². The summed E-state index contributed by atoms with van der Waals surface area (Å²) in [5.74, 6) is 1.62. The Hall–Kier alpha value is -2.46. The number of aryl methyl sites for hydroxylation is 2. The second-order valence-corrected chi connectivity index (χ2v) is 7.52. The van der Waals surface area contributed by atoms with E-state index in [9.17, 15) is 0 Å². The second-order valence-electron chi connectivity index (χ2n) is 7.52. The topological polar surface area (TPSA) is 51.0 Å². The molecule has 4 nitrogen and oxygen atoms in total. The molecule has 0 unspecified atom stereocenters. The van der Waals surface area contributed by atoms with Gasteiger partial charge in [-0.2, -0.15) is 0 Å². The molecule has 1 aromatic heterocycles. The summed E-state index contributed by atoms with van der Waals surface area (Å²) in [5, 5.41) is 12.2. The SMILES string of the molecule is CCc1ccc([C@H](N[C@@H](C)c2nnc(-c3cccc(C)c3)o2)C(C)C)cc1. The van der Waals surface area contributed by atoms with Crippen molar-refractivity contribution in [2.24, 2.45) is 5.92 Å². The quantitative estimate of drug-likeness (QED) is 0.589. The minimum Gasteiger partial charge on any atom is -0.419 e. The van der Waals surface area contributed by atoms with Gasteiger partial charge in [0.05, 0.1) is 6.04 Å². The summed E-state index contributed by atoms with van der Waals surface area (Å²) in [7, 11) is 0. The minimum absolute atomic E-state index is 0.0330. The highest BCUT2D eigenvalue weighted by Gasteiger charge is 2.22.